The zero-order valence-corrected chi connectivity index (χ0v) is 18.9. The highest BCUT2D eigenvalue weighted by atomic mass is 19.1. The highest BCUT2D eigenvalue weighted by Gasteiger charge is 2.34. The van der Waals surface area contributed by atoms with E-state index in [9.17, 15) is 18.8 Å². The third-order valence-corrected chi connectivity index (χ3v) is 6.42. The highest BCUT2D eigenvalue weighted by molar-refractivity contribution is 5.90. The van der Waals surface area contributed by atoms with Crippen LogP contribution >= 0.6 is 0 Å². The molecule has 1 aliphatic rings. The van der Waals surface area contributed by atoms with E-state index in [1.165, 1.54) is 56.0 Å². The zero-order chi connectivity index (χ0) is 25.0. The Kier molecular flexibility index (Phi) is 4.96. The number of esters is 1. The van der Waals surface area contributed by atoms with E-state index in [1.807, 2.05) is 0 Å². The number of carbonyl (C=O) groups excluding carboxylic acids is 1. The fourth-order valence-electron chi connectivity index (χ4n) is 4.64. The average molecular weight is 484 g/mol. The van der Waals surface area contributed by atoms with Gasteiger partial charge in [-0.15, -0.1) is 0 Å². The van der Waals surface area contributed by atoms with Crippen LogP contribution in [0.15, 0.2) is 85.5 Å². The Labute approximate surface area is 202 Å². The number of rotatable bonds is 3. The molecule has 0 amide bonds. The number of carbonyl (C=O) groups is 1. The number of ether oxygens (including phenoxy) is 2. The van der Waals surface area contributed by atoms with Crippen molar-refractivity contribution in [2.75, 3.05) is 7.11 Å². The summed E-state index contributed by atoms with van der Waals surface area (Å²) in [6, 6.07) is 13.4. The van der Waals surface area contributed by atoms with Gasteiger partial charge in [0.05, 0.1) is 36.1 Å². The molecule has 6 rings (SSSR count). The Morgan fingerprint density at radius 2 is 1.69 bits per heavy atom. The van der Waals surface area contributed by atoms with Crippen molar-refractivity contribution in [1.29, 1.82) is 0 Å². The lowest BCUT2D eigenvalue weighted by atomic mass is 9.85. The van der Waals surface area contributed by atoms with Gasteiger partial charge in [0.25, 0.3) is 0 Å². The Hall–Kier alpha value is -4.72. The monoisotopic (exact) mass is 484 g/mol. The van der Waals surface area contributed by atoms with Crippen molar-refractivity contribution in [2.24, 2.45) is 0 Å². The first-order valence-corrected chi connectivity index (χ1v) is 11.1. The van der Waals surface area contributed by atoms with Crippen molar-refractivity contribution < 1.29 is 27.5 Å². The molecule has 3 aromatic carbocycles. The third-order valence-electron chi connectivity index (χ3n) is 6.42. The van der Waals surface area contributed by atoms with Crippen LogP contribution in [0.25, 0.3) is 33.1 Å². The van der Waals surface area contributed by atoms with E-state index in [0.717, 1.165) is 0 Å². The molecule has 0 saturated heterocycles. The maximum Gasteiger partial charge on any atom is 0.312 e. The van der Waals surface area contributed by atoms with Crippen LogP contribution in [0.2, 0.25) is 0 Å². The standard InChI is InChI=1S/C28H17FO7/c1-33-16-6-8-22-19(10-16)27(32)21(13-34-22)18-11-24(30)36-23-9-7-17-26(31)20(12-35-28(17)25(18)23)14-2-4-15(29)5-3-14/h2-10,12-13,18H,11H2,1H3/t18-/m1/s1. The molecule has 5 aromatic rings. The fraction of sp³-hybridized carbons (Fsp3) is 0.107. The van der Waals surface area contributed by atoms with Crippen molar-refractivity contribution in [2.45, 2.75) is 12.3 Å². The number of hydrogen-bond acceptors (Lipinski definition) is 7. The second kappa shape index (κ2) is 8.20. The molecule has 2 aromatic heterocycles. The van der Waals surface area contributed by atoms with Crippen molar-refractivity contribution in [3.05, 3.63) is 105 Å². The SMILES string of the molecule is COc1ccc2occ([C@H]3CC(=O)Oc4ccc5c(=O)c(-c6ccc(F)cc6)coc5c43)c(=O)c2c1. The molecule has 8 heteroatoms. The first kappa shape index (κ1) is 21.8. The lowest BCUT2D eigenvalue weighted by molar-refractivity contribution is -0.135. The molecule has 0 bridgehead atoms. The lowest BCUT2D eigenvalue weighted by Crippen LogP contribution is -2.25. The quantitative estimate of drug-likeness (QED) is 0.258. The van der Waals surface area contributed by atoms with E-state index in [1.54, 1.807) is 18.2 Å². The van der Waals surface area contributed by atoms with E-state index in [4.69, 9.17) is 18.3 Å². The first-order chi connectivity index (χ1) is 17.4. The zero-order valence-electron chi connectivity index (χ0n) is 18.9. The summed E-state index contributed by atoms with van der Waals surface area (Å²) >= 11 is 0. The molecule has 0 N–H and O–H groups in total. The summed E-state index contributed by atoms with van der Waals surface area (Å²) in [7, 11) is 1.49. The second-order valence-corrected chi connectivity index (χ2v) is 8.45. The Bertz CT molecular complexity index is 1800. The summed E-state index contributed by atoms with van der Waals surface area (Å²) in [5, 5.41) is 0.540. The van der Waals surface area contributed by atoms with Gasteiger partial charge < -0.3 is 18.3 Å². The molecule has 3 heterocycles. The number of halogens is 1. The van der Waals surface area contributed by atoms with Crippen molar-refractivity contribution >= 4 is 27.9 Å². The topological polar surface area (TPSA) is 96.0 Å². The third kappa shape index (κ3) is 3.38. The van der Waals surface area contributed by atoms with Gasteiger partial charge in [-0.05, 0) is 48.0 Å². The van der Waals surface area contributed by atoms with E-state index in [0.29, 0.717) is 27.8 Å². The van der Waals surface area contributed by atoms with Gasteiger partial charge in [0, 0.05) is 17.0 Å². The molecule has 178 valence electrons. The van der Waals surface area contributed by atoms with Gasteiger partial charge in [-0.3, -0.25) is 14.4 Å². The predicted octanol–water partition coefficient (Wildman–Crippen LogP) is 5.16. The van der Waals surface area contributed by atoms with E-state index in [2.05, 4.69) is 0 Å². The van der Waals surface area contributed by atoms with Gasteiger partial charge >= 0.3 is 5.97 Å². The van der Waals surface area contributed by atoms with Crippen LogP contribution in [-0.4, -0.2) is 13.1 Å². The predicted molar refractivity (Wildman–Crippen MR) is 129 cm³/mol. The molecule has 7 nitrogen and oxygen atoms in total. The molecule has 1 aliphatic heterocycles. The van der Waals surface area contributed by atoms with Crippen LogP contribution in [0, 0.1) is 5.82 Å². The highest BCUT2D eigenvalue weighted by Crippen LogP contribution is 2.42. The van der Waals surface area contributed by atoms with Gasteiger partial charge in [-0.1, -0.05) is 12.1 Å². The summed E-state index contributed by atoms with van der Waals surface area (Å²) in [6.45, 7) is 0. The number of hydrogen-bond donors (Lipinski definition) is 0. The molecular formula is C28H17FO7. The normalized spacial score (nSPS) is 15.1. The number of methoxy groups -OCH3 is 1. The summed E-state index contributed by atoms with van der Waals surface area (Å²) in [5.74, 6) is -1.03. The number of benzene rings is 3. The van der Waals surface area contributed by atoms with Crippen LogP contribution in [0.5, 0.6) is 11.5 Å². The van der Waals surface area contributed by atoms with Gasteiger partial charge in [0.2, 0.25) is 5.43 Å². The van der Waals surface area contributed by atoms with Crippen LogP contribution in [0.1, 0.15) is 23.5 Å². The van der Waals surface area contributed by atoms with Crippen LogP contribution in [0.3, 0.4) is 0 Å². The maximum absolute atomic E-state index is 13.5. The van der Waals surface area contributed by atoms with E-state index >= 15 is 0 Å². The molecule has 0 spiro atoms. The Balaban J connectivity index is 1.58. The van der Waals surface area contributed by atoms with Crippen LogP contribution in [0.4, 0.5) is 4.39 Å². The molecule has 0 aliphatic carbocycles. The summed E-state index contributed by atoms with van der Waals surface area (Å²) < 4.78 is 35.7. The van der Waals surface area contributed by atoms with Gasteiger partial charge in [0.15, 0.2) is 5.43 Å². The molecular weight excluding hydrogens is 467 g/mol. The van der Waals surface area contributed by atoms with Crippen LogP contribution in [-0.2, 0) is 4.79 Å². The number of fused-ring (bicyclic) bond motifs is 4. The average Bonchev–Trinajstić information content (AvgIpc) is 2.89. The van der Waals surface area contributed by atoms with Crippen LogP contribution < -0.4 is 20.3 Å². The summed E-state index contributed by atoms with van der Waals surface area (Å²) in [5.41, 5.74) is 1.29. The molecule has 0 radical (unpaired) electrons. The second-order valence-electron chi connectivity index (χ2n) is 8.45. The van der Waals surface area contributed by atoms with Crippen molar-refractivity contribution in [3.63, 3.8) is 0 Å². The molecule has 0 fully saturated rings. The molecule has 36 heavy (non-hydrogen) atoms. The van der Waals surface area contributed by atoms with Gasteiger partial charge in [-0.25, -0.2) is 4.39 Å². The minimum absolute atomic E-state index is 0.143. The first-order valence-electron chi connectivity index (χ1n) is 11.1. The minimum Gasteiger partial charge on any atom is -0.497 e. The fourth-order valence-corrected chi connectivity index (χ4v) is 4.64. The molecule has 1 atom stereocenters. The van der Waals surface area contributed by atoms with E-state index < -0.39 is 17.7 Å². The summed E-state index contributed by atoms with van der Waals surface area (Å²) in [4.78, 5) is 39.3. The molecule has 0 saturated carbocycles. The largest absolute Gasteiger partial charge is 0.497 e. The van der Waals surface area contributed by atoms with Gasteiger partial charge in [0.1, 0.15) is 34.7 Å². The minimum atomic E-state index is -0.767. The lowest BCUT2D eigenvalue weighted by Gasteiger charge is -2.25. The van der Waals surface area contributed by atoms with Crippen molar-refractivity contribution in [1.82, 2.24) is 0 Å². The Morgan fingerprint density at radius 1 is 0.889 bits per heavy atom. The maximum atomic E-state index is 13.5. The Morgan fingerprint density at radius 3 is 2.47 bits per heavy atom. The smallest absolute Gasteiger partial charge is 0.312 e. The van der Waals surface area contributed by atoms with Crippen molar-refractivity contribution in [3.8, 4) is 22.6 Å². The summed E-state index contributed by atoms with van der Waals surface area (Å²) in [6.07, 6.45) is 2.48. The van der Waals surface area contributed by atoms with Gasteiger partial charge in [-0.2, -0.15) is 0 Å². The van der Waals surface area contributed by atoms with E-state index in [-0.39, 0.29) is 45.1 Å². The molecule has 0 unspecified atom stereocenters.